The van der Waals surface area contributed by atoms with E-state index < -0.39 is 0 Å². The Bertz CT molecular complexity index is 818. The summed E-state index contributed by atoms with van der Waals surface area (Å²) >= 11 is 14.0. The van der Waals surface area contributed by atoms with Crippen LogP contribution in [0.4, 0.5) is 0 Å². The van der Waals surface area contributed by atoms with Gasteiger partial charge in [0, 0.05) is 18.6 Å². The van der Waals surface area contributed by atoms with Crippen LogP contribution in [0, 0.1) is 53.9 Å². The fraction of sp³-hybridized carbons (Fsp3) is 0. The van der Waals surface area contributed by atoms with Gasteiger partial charge in [0.05, 0.1) is 0 Å². The molecule has 1 radical (unpaired) electrons. The van der Waals surface area contributed by atoms with Gasteiger partial charge in [0.15, 0.2) is 0 Å². The molecule has 131 valence electrons. The van der Waals surface area contributed by atoms with Crippen molar-refractivity contribution in [2.45, 2.75) is 0 Å². The molecular formula is C15H15GdN3O3S3+3. The Labute approximate surface area is 191 Å². The topological polar surface area (TPSA) is 75.5 Å². The van der Waals surface area contributed by atoms with Crippen molar-refractivity contribution in [2.24, 2.45) is 0 Å². The Balaban J connectivity index is 0.000000339. The molecule has 10 heteroatoms. The molecule has 0 saturated heterocycles. The Morgan fingerprint density at radius 1 is 0.520 bits per heavy atom. The van der Waals surface area contributed by atoms with E-state index >= 15 is 0 Å². The molecule has 0 saturated carbocycles. The molecule has 0 aromatic carbocycles. The largest absolute Gasteiger partial charge is 3.00 e. The van der Waals surface area contributed by atoms with Crippen LogP contribution in [-0.4, -0.2) is 29.8 Å². The van der Waals surface area contributed by atoms with Crippen LogP contribution in [0.5, 0.6) is 0 Å². The molecule has 3 heterocycles. The minimum atomic E-state index is 0. The predicted molar refractivity (Wildman–Crippen MR) is 97.4 cm³/mol. The van der Waals surface area contributed by atoms with Crippen LogP contribution in [0.25, 0.3) is 0 Å². The maximum absolute atomic E-state index is 8.73. The first-order valence-electron chi connectivity index (χ1n) is 6.52. The van der Waals surface area contributed by atoms with Gasteiger partial charge in [0.25, 0.3) is 0 Å². The molecule has 0 spiro atoms. The van der Waals surface area contributed by atoms with E-state index in [2.05, 4.69) is 36.7 Å². The van der Waals surface area contributed by atoms with Gasteiger partial charge in [0.2, 0.25) is 0 Å². The van der Waals surface area contributed by atoms with Gasteiger partial charge >= 0.3 is 39.9 Å². The molecular weight excluding hydrogens is 524 g/mol. The zero-order chi connectivity index (χ0) is 17.9. The summed E-state index contributed by atoms with van der Waals surface area (Å²) in [6, 6.07) is 15.4. The smallest absolute Gasteiger partial charge is 0.428 e. The summed E-state index contributed by atoms with van der Waals surface area (Å²) in [6.07, 6.45) is 4.47. The first-order valence-corrected chi connectivity index (χ1v) is 7.75. The second-order valence-corrected chi connectivity index (χ2v) is 5.41. The average molecular weight is 539 g/mol. The van der Waals surface area contributed by atoms with E-state index in [1.807, 2.05) is 0 Å². The first kappa shape index (κ1) is 23.8. The van der Waals surface area contributed by atoms with Gasteiger partial charge in [0.1, 0.15) is 13.9 Å². The van der Waals surface area contributed by atoms with E-state index in [9.17, 15) is 0 Å². The molecule has 3 N–H and O–H groups in total. The van der Waals surface area contributed by atoms with Crippen LogP contribution < -0.4 is 0 Å². The van der Waals surface area contributed by atoms with Crippen molar-refractivity contribution in [1.82, 2.24) is 14.2 Å². The van der Waals surface area contributed by atoms with Gasteiger partial charge in [-0.2, -0.15) is 14.2 Å². The molecule has 25 heavy (non-hydrogen) atoms. The number of pyridine rings is 3. The van der Waals surface area contributed by atoms with E-state index in [4.69, 9.17) is 15.6 Å². The molecule has 3 rings (SSSR count). The summed E-state index contributed by atoms with van der Waals surface area (Å²) in [7, 11) is 0. The molecule has 3 aromatic rings. The van der Waals surface area contributed by atoms with Gasteiger partial charge < -0.3 is 15.6 Å². The summed E-state index contributed by atoms with van der Waals surface area (Å²) in [5, 5.41) is 26.2. The van der Waals surface area contributed by atoms with Gasteiger partial charge in [-0.15, -0.1) is 0 Å². The molecule has 0 bridgehead atoms. The van der Waals surface area contributed by atoms with E-state index in [1.54, 1.807) is 54.6 Å². The van der Waals surface area contributed by atoms with Crippen molar-refractivity contribution in [3.63, 3.8) is 0 Å². The summed E-state index contributed by atoms with van der Waals surface area (Å²) in [4.78, 5) is 0. The maximum atomic E-state index is 8.73. The maximum Gasteiger partial charge on any atom is 3.00 e. The molecule has 0 aliphatic rings. The van der Waals surface area contributed by atoms with E-state index in [1.165, 1.54) is 18.6 Å². The van der Waals surface area contributed by atoms with Gasteiger partial charge in [-0.05, 0) is 36.4 Å². The Morgan fingerprint density at radius 2 is 0.760 bits per heavy atom. The zero-order valence-corrected chi connectivity index (χ0v) is 17.4. The van der Waals surface area contributed by atoms with Crippen LogP contribution in [0.15, 0.2) is 73.2 Å². The fourth-order valence-electron chi connectivity index (χ4n) is 1.26. The predicted octanol–water partition coefficient (Wildman–Crippen LogP) is 4.36. The molecule has 0 fully saturated rings. The van der Waals surface area contributed by atoms with Crippen LogP contribution in [0.3, 0.4) is 0 Å². The van der Waals surface area contributed by atoms with Crippen molar-refractivity contribution in [2.75, 3.05) is 0 Å². The fourth-order valence-corrected chi connectivity index (χ4v) is 1.68. The molecule has 6 nitrogen and oxygen atoms in total. The van der Waals surface area contributed by atoms with Crippen molar-refractivity contribution >= 4 is 36.7 Å². The number of rotatable bonds is 0. The van der Waals surface area contributed by atoms with Crippen LogP contribution in [0.1, 0.15) is 0 Å². The minimum absolute atomic E-state index is 0. The number of nitrogens with zero attached hydrogens (tertiary/aromatic N) is 3. The second-order valence-electron chi connectivity index (χ2n) is 4.15. The molecule has 3 aromatic heterocycles. The molecule has 0 amide bonds. The van der Waals surface area contributed by atoms with Crippen molar-refractivity contribution in [3.8, 4) is 0 Å². The summed E-state index contributed by atoms with van der Waals surface area (Å²) in [5.41, 5.74) is 0. The average Bonchev–Trinajstić information content (AvgIpc) is 2.57. The number of hydrogen-bond acceptors (Lipinski definition) is 6. The van der Waals surface area contributed by atoms with Crippen molar-refractivity contribution < 1.29 is 55.6 Å². The molecule has 0 unspecified atom stereocenters. The van der Waals surface area contributed by atoms with Crippen molar-refractivity contribution in [1.29, 1.82) is 0 Å². The van der Waals surface area contributed by atoms with Crippen LogP contribution in [-0.2, 0) is 0 Å². The third kappa shape index (κ3) is 9.78. The standard InChI is InChI=1S/3C5H5NOS.Gd/c3*7-6-4-2-1-3-5(6)8;/h3*1-4,7H;/q;;;+3. The van der Waals surface area contributed by atoms with E-state index in [0.717, 1.165) is 14.2 Å². The van der Waals surface area contributed by atoms with E-state index in [0.29, 0.717) is 13.9 Å². The summed E-state index contributed by atoms with van der Waals surface area (Å²) < 4.78 is 3.97. The van der Waals surface area contributed by atoms with Crippen LogP contribution >= 0.6 is 36.7 Å². The van der Waals surface area contributed by atoms with Gasteiger partial charge in [-0.25, -0.2) is 0 Å². The molecule has 0 aliphatic carbocycles. The van der Waals surface area contributed by atoms with Crippen LogP contribution in [0.2, 0.25) is 0 Å². The molecule has 0 atom stereocenters. The zero-order valence-electron chi connectivity index (χ0n) is 12.7. The summed E-state index contributed by atoms with van der Waals surface area (Å²) in [5.74, 6) is 0. The first-order chi connectivity index (χ1) is 11.4. The van der Waals surface area contributed by atoms with Gasteiger partial charge in [-0.1, -0.05) is 54.9 Å². The number of aromatic nitrogens is 3. The molecule has 0 aliphatic heterocycles. The van der Waals surface area contributed by atoms with Gasteiger partial charge in [-0.3, -0.25) is 0 Å². The van der Waals surface area contributed by atoms with Crippen molar-refractivity contribution in [3.05, 3.63) is 87.1 Å². The quantitative estimate of drug-likeness (QED) is 0.292. The Hall–Kier alpha value is -1.17. The normalized spacial score (nSPS) is 8.64. The number of hydrogen-bond donors (Lipinski definition) is 3. The van der Waals surface area contributed by atoms with E-state index in [-0.39, 0.29) is 39.9 Å². The SMILES string of the molecule is On1ccccc1=S.On1ccccc1=S.On1ccccc1=S.[Gd+3]. The second kappa shape index (κ2) is 13.1. The Morgan fingerprint density at radius 3 is 0.880 bits per heavy atom. The monoisotopic (exact) mass is 539 g/mol. The third-order valence-corrected chi connectivity index (χ3v) is 3.38. The summed E-state index contributed by atoms with van der Waals surface area (Å²) in [6.45, 7) is 0. The Kier molecular flexibility index (Phi) is 12.5. The minimum Gasteiger partial charge on any atom is -0.428 e. The third-order valence-electron chi connectivity index (χ3n) is 2.41.